The zero-order valence-corrected chi connectivity index (χ0v) is 17.4. The molecule has 0 spiro atoms. The zero-order chi connectivity index (χ0) is 19.4. The van der Waals surface area contributed by atoms with Crippen LogP contribution in [0, 0.1) is 0 Å². The van der Waals surface area contributed by atoms with Gasteiger partial charge in [-0.2, -0.15) is 0 Å². The number of rotatable bonds is 6. The second kappa shape index (κ2) is 8.93. The smallest absolute Gasteiger partial charge is 0.244 e. The molecule has 0 aliphatic rings. The second-order valence-corrected chi connectivity index (χ2v) is 8.76. The van der Waals surface area contributed by atoms with Gasteiger partial charge >= 0.3 is 0 Å². The second-order valence-electron chi connectivity index (χ2n) is 5.66. The number of fused-ring (bicyclic) bond motifs is 1. The molecule has 5 nitrogen and oxygen atoms in total. The van der Waals surface area contributed by atoms with E-state index in [-0.39, 0.29) is 24.1 Å². The topological polar surface area (TPSA) is 62.3 Å². The Kier molecular flexibility index (Phi) is 6.59. The predicted molar refractivity (Wildman–Crippen MR) is 113 cm³/mol. The molecule has 0 aliphatic heterocycles. The monoisotopic (exact) mass is 439 g/mol. The van der Waals surface area contributed by atoms with E-state index >= 15 is 0 Å². The Hall–Kier alpha value is -1.80. The van der Waals surface area contributed by atoms with Gasteiger partial charge in [-0.05, 0) is 30.3 Å². The number of nitrogens with zero attached hydrogens (tertiary/aromatic N) is 2. The molecule has 0 aliphatic carbocycles. The van der Waals surface area contributed by atoms with Crippen molar-refractivity contribution in [1.82, 2.24) is 9.88 Å². The molecule has 0 radical (unpaired) electrons. The van der Waals surface area contributed by atoms with Gasteiger partial charge in [0.15, 0.2) is 4.34 Å². The molecule has 9 heteroatoms. The number of aromatic nitrogens is 1. The van der Waals surface area contributed by atoms with Crippen molar-refractivity contribution in [2.75, 3.05) is 24.7 Å². The van der Waals surface area contributed by atoms with Crippen LogP contribution in [0.3, 0.4) is 0 Å². The Balaban J connectivity index is 1.52. The summed E-state index contributed by atoms with van der Waals surface area (Å²) in [7, 11) is 1.59. The summed E-state index contributed by atoms with van der Waals surface area (Å²) >= 11 is 14.8. The Morgan fingerprint density at radius 3 is 2.78 bits per heavy atom. The molecule has 3 aromatic rings. The number of amides is 2. The van der Waals surface area contributed by atoms with Gasteiger partial charge in [-0.15, -0.1) is 11.3 Å². The molecule has 0 fully saturated rings. The number of carbonyl (C=O) groups excluding carboxylic acids is 2. The molecule has 0 saturated carbocycles. The predicted octanol–water partition coefficient (Wildman–Crippen LogP) is 4.79. The summed E-state index contributed by atoms with van der Waals surface area (Å²) in [5.74, 6) is -0.270. The largest absolute Gasteiger partial charge is 0.336 e. The fourth-order valence-electron chi connectivity index (χ4n) is 2.23. The molecular formula is C18H15Cl2N3O2S2. The summed E-state index contributed by atoms with van der Waals surface area (Å²) in [6.45, 7) is -0.0555. The number of benzene rings is 2. The first-order valence-corrected chi connectivity index (χ1v) is 10.5. The number of halogens is 2. The molecule has 0 bridgehead atoms. The lowest BCUT2D eigenvalue weighted by molar-refractivity contribution is -0.131. The minimum atomic E-state index is -0.307. The summed E-state index contributed by atoms with van der Waals surface area (Å²) in [4.78, 5) is 30.2. The van der Waals surface area contributed by atoms with Crippen LogP contribution < -0.4 is 5.32 Å². The molecule has 0 atom stereocenters. The number of hydrogen-bond acceptors (Lipinski definition) is 5. The average molecular weight is 440 g/mol. The molecule has 2 amide bonds. The zero-order valence-electron chi connectivity index (χ0n) is 14.2. The molecule has 0 saturated heterocycles. The van der Waals surface area contributed by atoms with Gasteiger partial charge in [0.05, 0.1) is 33.2 Å². The summed E-state index contributed by atoms with van der Waals surface area (Å²) in [5.41, 5.74) is 1.34. The van der Waals surface area contributed by atoms with Gasteiger partial charge in [0.25, 0.3) is 0 Å². The molecule has 1 aromatic heterocycles. The number of thiazole rings is 1. The van der Waals surface area contributed by atoms with Crippen molar-refractivity contribution in [2.24, 2.45) is 0 Å². The maximum absolute atomic E-state index is 12.3. The van der Waals surface area contributed by atoms with Crippen molar-refractivity contribution in [3.63, 3.8) is 0 Å². The minimum absolute atomic E-state index is 0.0555. The van der Waals surface area contributed by atoms with Crippen molar-refractivity contribution in [1.29, 1.82) is 0 Å². The van der Waals surface area contributed by atoms with Gasteiger partial charge in [0.1, 0.15) is 0 Å². The molecular weight excluding hydrogens is 425 g/mol. The summed E-state index contributed by atoms with van der Waals surface area (Å²) in [6, 6.07) is 12.5. The fraction of sp³-hybridized carbons (Fsp3) is 0.167. The Labute approximate surface area is 174 Å². The lowest BCUT2D eigenvalue weighted by Gasteiger charge is -2.16. The number of anilines is 1. The van der Waals surface area contributed by atoms with E-state index in [1.165, 1.54) is 28.0 Å². The van der Waals surface area contributed by atoms with Crippen molar-refractivity contribution >= 4 is 74.0 Å². The van der Waals surface area contributed by atoms with Crippen LogP contribution in [0.4, 0.5) is 5.69 Å². The normalized spacial score (nSPS) is 10.8. The first kappa shape index (κ1) is 19.9. The number of likely N-dealkylation sites (N-methyl/N-ethyl adjacent to an activating group) is 1. The van der Waals surface area contributed by atoms with Crippen molar-refractivity contribution in [3.05, 3.63) is 52.5 Å². The van der Waals surface area contributed by atoms with Crippen LogP contribution in [-0.4, -0.2) is 41.0 Å². The van der Waals surface area contributed by atoms with Crippen molar-refractivity contribution in [3.8, 4) is 0 Å². The van der Waals surface area contributed by atoms with E-state index in [1.807, 2.05) is 12.1 Å². The highest BCUT2D eigenvalue weighted by molar-refractivity contribution is 8.01. The van der Waals surface area contributed by atoms with E-state index in [1.54, 1.807) is 37.4 Å². The third-order valence-electron chi connectivity index (χ3n) is 3.60. The molecule has 0 unspecified atom stereocenters. The number of carbonyl (C=O) groups is 2. The number of nitrogens with one attached hydrogen (secondary N) is 1. The first-order chi connectivity index (χ1) is 12.9. The molecule has 140 valence electrons. The van der Waals surface area contributed by atoms with Crippen molar-refractivity contribution < 1.29 is 9.59 Å². The van der Waals surface area contributed by atoms with Crippen LogP contribution in [0.1, 0.15) is 0 Å². The third kappa shape index (κ3) is 5.35. The van der Waals surface area contributed by atoms with Crippen LogP contribution in [0.2, 0.25) is 10.0 Å². The standard InChI is InChI=1S/C18H15Cl2N3O2S2/c1-23(9-16(24)21-13-5-3-2-4-12(13)20)17(25)10-26-18-22-14-8-11(19)6-7-15(14)27-18/h2-8H,9-10H2,1H3,(H,21,24). The first-order valence-electron chi connectivity index (χ1n) is 7.89. The Morgan fingerprint density at radius 2 is 2.00 bits per heavy atom. The van der Waals surface area contributed by atoms with Gasteiger partial charge in [-0.3, -0.25) is 9.59 Å². The maximum Gasteiger partial charge on any atom is 0.244 e. The number of para-hydroxylation sites is 1. The van der Waals surface area contributed by atoms with E-state index in [0.29, 0.717) is 15.7 Å². The van der Waals surface area contributed by atoms with Crippen LogP contribution >= 0.6 is 46.3 Å². The van der Waals surface area contributed by atoms with E-state index < -0.39 is 0 Å². The SMILES string of the molecule is CN(CC(=O)Nc1ccccc1Cl)C(=O)CSc1nc2cc(Cl)ccc2s1. The Bertz CT molecular complexity index is 994. The lowest BCUT2D eigenvalue weighted by atomic mass is 10.3. The fourth-order valence-corrected chi connectivity index (χ4v) is 4.57. The summed E-state index contributed by atoms with van der Waals surface area (Å²) in [5, 5.41) is 3.78. The van der Waals surface area contributed by atoms with Gasteiger partial charge in [0, 0.05) is 12.1 Å². The van der Waals surface area contributed by atoms with Crippen molar-refractivity contribution in [2.45, 2.75) is 4.34 Å². The molecule has 1 N–H and O–H groups in total. The lowest BCUT2D eigenvalue weighted by Crippen LogP contribution is -2.35. The molecule has 2 aromatic carbocycles. The highest BCUT2D eigenvalue weighted by Gasteiger charge is 2.15. The van der Waals surface area contributed by atoms with E-state index in [0.717, 1.165) is 14.6 Å². The third-order valence-corrected chi connectivity index (χ3v) is 6.33. The average Bonchev–Trinajstić information content (AvgIpc) is 3.03. The summed E-state index contributed by atoms with van der Waals surface area (Å²) < 4.78 is 1.80. The van der Waals surface area contributed by atoms with Crippen LogP contribution in [0.25, 0.3) is 10.2 Å². The van der Waals surface area contributed by atoms with E-state index in [9.17, 15) is 9.59 Å². The molecule has 1 heterocycles. The van der Waals surface area contributed by atoms with E-state index in [2.05, 4.69) is 10.3 Å². The van der Waals surface area contributed by atoms with Gasteiger partial charge in [-0.1, -0.05) is 47.1 Å². The quantitative estimate of drug-likeness (QED) is 0.560. The number of hydrogen-bond donors (Lipinski definition) is 1. The summed E-state index contributed by atoms with van der Waals surface area (Å²) in [6.07, 6.45) is 0. The van der Waals surface area contributed by atoms with E-state index in [4.69, 9.17) is 23.2 Å². The molecule has 27 heavy (non-hydrogen) atoms. The maximum atomic E-state index is 12.3. The highest BCUT2D eigenvalue weighted by atomic mass is 35.5. The molecule has 3 rings (SSSR count). The van der Waals surface area contributed by atoms with Gasteiger partial charge in [-0.25, -0.2) is 4.98 Å². The van der Waals surface area contributed by atoms with Gasteiger partial charge in [0.2, 0.25) is 11.8 Å². The van der Waals surface area contributed by atoms with Gasteiger partial charge < -0.3 is 10.2 Å². The van der Waals surface area contributed by atoms with Crippen LogP contribution in [-0.2, 0) is 9.59 Å². The minimum Gasteiger partial charge on any atom is -0.336 e. The highest BCUT2D eigenvalue weighted by Crippen LogP contribution is 2.31. The Morgan fingerprint density at radius 1 is 1.22 bits per heavy atom. The number of thioether (sulfide) groups is 1. The van der Waals surface area contributed by atoms with Crippen LogP contribution in [0.5, 0.6) is 0 Å². The van der Waals surface area contributed by atoms with Crippen LogP contribution in [0.15, 0.2) is 46.8 Å².